The van der Waals surface area contributed by atoms with Gasteiger partial charge in [-0.1, -0.05) is 70.1 Å². The number of allylic oxidation sites excluding steroid dienone is 5. The first-order chi connectivity index (χ1) is 17.0. The van der Waals surface area contributed by atoms with Gasteiger partial charge in [-0.15, -0.1) is 0 Å². The lowest BCUT2D eigenvalue weighted by Gasteiger charge is -2.24. The number of benzene rings is 1. The Labute approximate surface area is 218 Å². The third kappa shape index (κ3) is 6.08. The van der Waals surface area contributed by atoms with Gasteiger partial charge in [0.05, 0.1) is 11.4 Å². The summed E-state index contributed by atoms with van der Waals surface area (Å²) in [5, 5.41) is 10.8. The number of aromatic nitrogens is 2. The molecule has 0 spiro atoms. The molecule has 3 unspecified atom stereocenters. The normalized spacial score (nSPS) is 22.7. The number of hydrogen-bond donors (Lipinski definition) is 2. The van der Waals surface area contributed by atoms with Crippen LogP contribution in [0.3, 0.4) is 0 Å². The van der Waals surface area contributed by atoms with E-state index < -0.39 is 10.8 Å². The van der Waals surface area contributed by atoms with Gasteiger partial charge in [-0.3, -0.25) is 9.31 Å². The zero-order valence-electron chi connectivity index (χ0n) is 22.3. The molecule has 4 nitrogen and oxygen atoms in total. The van der Waals surface area contributed by atoms with E-state index in [-0.39, 0.29) is 17.0 Å². The van der Waals surface area contributed by atoms with E-state index in [0.29, 0.717) is 34.7 Å². The third-order valence-corrected chi connectivity index (χ3v) is 8.61. The van der Waals surface area contributed by atoms with Crippen molar-refractivity contribution in [1.29, 1.82) is 0 Å². The molecule has 1 aliphatic carbocycles. The van der Waals surface area contributed by atoms with Crippen LogP contribution in [0.15, 0.2) is 53.6 Å². The Morgan fingerprint density at radius 3 is 2.75 bits per heavy atom. The summed E-state index contributed by atoms with van der Waals surface area (Å²) in [6.45, 7) is 15.2. The van der Waals surface area contributed by atoms with Gasteiger partial charge in [-0.2, -0.15) is 5.10 Å². The van der Waals surface area contributed by atoms with Crippen molar-refractivity contribution in [1.82, 2.24) is 10.2 Å². The number of hydrogen-bond acceptors (Lipinski definition) is 3. The monoisotopic (exact) mass is 509 g/mol. The van der Waals surface area contributed by atoms with E-state index in [9.17, 15) is 8.60 Å². The first-order valence-corrected chi connectivity index (χ1v) is 14.6. The molecule has 2 aliphatic rings. The number of halogens is 1. The molecule has 2 aromatic rings. The van der Waals surface area contributed by atoms with Crippen molar-refractivity contribution in [3.8, 4) is 0 Å². The average Bonchev–Trinajstić information content (AvgIpc) is 3.53. The van der Waals surface area contributed by atoms with Crippen molar-refractivity contribution in [2.24, 2.45) is 11.3 Å². The number of nitrogens with one attached hydrogen (secondary N) is 2. The number of rotatable bonds is 8. The first-order valence-electron chi connectivity index (χ1n) is 13.1. The minimum atomic E-state index is -1.01. The minimum absolute atomic E-state index is 0.0712. The lowest BCUT2D eigenvalue weighted by molar-refractivity contribution is 0.511. The SMILES string of the molecule is C=C(C)/C=C(\C=C(/CCC)C1CCC(c2cc(Nc3ccc4c(c3F)CS(=O)C4)n[nH]2)C1)C(C)(C)C. The predicted molar refractivity (Wildman–Crippen MR) is 149 cm³/mol. The molecule has 2 heterocycles. The molecule has 6 heteroatoms. The van der Waals surface area contributed by atoms with Crippen LogP contribution in [0.2, 0.25) is 0 Å². The second-order valence-electron chi connectivity index (χ2n) is 11.5. The topological polar surface area (TPSA) is 57.8 Å². The number of H-pyrrole nitrogens is 1. The van der Waals surface area contributed by atoms with Gasteiger partial charge < -0.3 is 5.32 Å². The highest BCUT2D eigenvalue weighted by molar-refractivity contribution is 7.83. The van der Waals surface area contributed by atoms with Crippen molar-refractivity contribution >= 4 is 22.3 Å². The number of anilines is 2. The zero-order chi connectivity index (χ0) is 26.0. The molecule has 0 saturated heterocycles. The van der Waals surface area contributed by atoms with Gasteiger partial charge in [0.25, 0.3) is 0 Å². The quantitative estimate of drug-likeness (QED) is 0.353. The Hall–Kier alpha value is -2.47. The Morgan fingerprint density at radius 1 is 1.28 bits per heavy atom. The summed E-state index contributed by atoms with van der Waals surface area (Å²) in [6, 6.07) is 5.61. The largest absolute Gasteiger partial charge is 0.336 e. The second-order valence-corrected chi connectivity index (χ2v) is 13.0. The maximum atomic E-state index is 15.0. The van der Waals surface area contributed by atoms with E-state index in [1.165, 1.54) is 17.6 Å². The van der Waals surface area contributed by atoms with Crippen LogP contribution >= 0.6 is 0 Å². The van der Waals surface area contributed by atoms with Crippen LogP contribution in [0.1, 0.15) is 89.5 Å². The van der Waals surface area contributed by atoms with Crippen LogP contribution in [0.25, 0.3) is 0 Å². The molecule has 0 radical (unpaired) electrons. The highest BCUT2D eigenvalue weighted by Crippen LogP contribution is 2.44. The molecule has 0 bridgehead atoms. The highest BCUT2D eigenvalue weighted by atomic mass is 32.2. The predicted octanol–water partition coefficient (Wildman–Crippen LogP) is 8.21. The lowest BCUT2D eigenvalue weighted by atomic mass is 9.81. The number of aromatic amines is 1. The van der Waals surface area contributed by atoms with Crippen molar-refractivity contribution in [3.63, 3.8) is 0 Å². The average molecular weight is 510 g/mol. The third-order valence-electron chi connectivity index (χ3n) is 7.37. The molecule has 2 N–H and O–H groups in total. The van der Waals surface area contributed by atoms with E-state index in [4.69, 9.17) is 0 Å². The van der Waals surface area contributed by atoms with Gasteiger partial charge in [-0.05, 0) is 61.1 Å². The zero-order valence-corrected chi connectivity index (χ0v) is 23.2. The van der Waals surface area contributed by atoms with Gasteiger partial charge in [0.1, 0.15) is 0 Å². The van der Waals surface area contributed by atoms with Crippen LogP contribution in [-0.2, 0) is 22.3 Å². The summed E-state index contributed by atoms with van der Waals surface area (Å²) in [7, 11) is -1.01. The van der Waals surface area contributed by atoms with Crippen molar-refractivity contribution < 1.29 is 8.60 Å². The van der Waals surface area contributed by atoms with Gasteiger partial charge in [0, 0.05) is 39.8 Å². The summed E-state index contributed by atoms with van der Waals surface area (Å²) in [5.74, 6) is 2.01. The second kappa shape index (κ2) is 10.9. The van der Waals surface area contributed by atoms with Crippen LogP contribution < -0.4 is 5.32 Å². The smallest absolute Gasteiger partial charge is 0.152 e. The molecular formula is C30H40FN3OS. The molecule has 1 aromatic carbocycles. The first kappa shape index (κ1) is 26.6. The van der Waals surface area contributed by atoms with E-state index >= 15 is 0 Å². The molecule has 194 valence electrons. The molecule has 1 aliphatic heterocycles. The van der Waals surface area contributed by atoms with Crippen LogP contribution in [0.4, 0.5) is 15.9 Å². The number of nitrogens with zero attached hydrogens (tertiary/aromatic N) is 1. The lowest BCUT2D eigenvalue weighted by Crippen LogP contribution is -2.10. The number of fused-ring (bicyclic) bond motifs is 1. The Balaban J connectivity index is 1.48. The van der Waals surface area contributed by atoms with Gasteiger partial charge in [0.2, 0.25) is 0 Å². The minimum Gasteiger partial charge on any atom is -0.336 e. The van der Waals surface area contributed by atoms with Crippen molar-refractivity contribution in [2.75, 3.05) is 5.32 Å². The van der Waals surface area contributed by atoms with Crippen LogP contribution in [0.5, 0.6) is 0 Å². The van der Waals surface area contributed by atoms with Gasteiger partial charge in [0.15, 0.2) is 11.6 Å². The molecular weight excluding hydrogens is 469 g/mol. The van der Waals surface area contributed by atoms with E-state index in [1.54, 1.807) is 6.07 Å². The fourth-order valence-corrected chi connectivity index (χ4v) is 6.76. The Kier molecular flexibility index (Phi) is 8.03. The van der Waals surface area contributed by atoms with E-state index in [0.717, 1.165) is 42.5 Å². The molecule has 0 amide bonds. The van der Waals surface area contributed by atoms with E-state index in [2.05, 4.69) is 68.9 Å². The summed E-state index contributed by atoms with van der Waals surface area (Å²) in [6.07, 6.45) is 10.3. The maximum absolute atomic E-state index is 15.0. The summed E-state index contributed by atoms with van der Waals surface area (Å²) in [5.41, 5.74) is 6.95. The Morgan fingerprint density at radius 2 is 2.06 bits per heavy atom. The van der Waals surface area contributed by atoms with Crippen LogP contribution in [-0.4, -0.2) is 14.4 Å². The molecule has 3 atom stereocenters. The van der Waals surface area contributed by atoms with Crippen LogP contribution in [0, 0.1) is 17.2 Å². The highest BCUT2D eigenvalue weighted by Gasteiger charge is 2.30. The molecule has 36 heavy (non-hydrogen) atoms. The maximum Gasteiger partial charge on any atom is 0.152 e. The molecule has 1 fully saturated rings. The molecule has 4 rings (SSSR count). The molecule has 1 aromatic heterocycles. The molecule has 1 saturated carbocycles. The summed E-state index contributed by atoms with van der Waals surface area (Å²) < 4.78 is 26.8. The standard InChI is InChI=1S/C30H40FN3OS/c1-7-8-20(15-24(13-19(2)3)30(4,5)6)21-9-10-22(14-21)27-16-28(34-33-27)32-26-12-11-23-17-36(35)18-25(23)29(26)31/h11-13,15-16,21-22H,2,7-10,14,17-18H2,1,3-6H3,(H2,32,33,34)/b20-15+,24-13+. The summed E-state index contributed by atoms with van der Waals surface area (Å²) in [4.78, 5) is 0. The van der Waals surface area contributed by atoms with Crippen molar-refractivity contribution in [3.05, 3.63) is 76.3 Å². The van der Waals surface area contributed by atoms with Crippen molar-refractivity contribution in [2.45, 2.75) is 84.1 Å². The van der Waals surface area contributed by atoms with E-state index in [1.807, 2.05) is 12.1 Å². The fraction of sp³-hybridized carbons (Fsp3) is 0.500. The van der Waals surface area contributed by atoms with Gasteiger partial charge >= 0.3 is 0 Å². The van der Waals surface area contributed by atoms with Gasteiger partial charge in [-0.25, -0.2) is 4.39 Å². The Bertz CT molecular complexity index is 1220. The fourth-order valence-electron chi connectivity index (χ4n) is 5.41. The summed E-state index contributed by atoms with van der Waals surface area (Å²) >= 11 is 0.